The molecule has 0 bridgehead atoms. The molecule has 1 saturated heterocycles. The molecule has 7 heteroatoms. The lowest BCUT2D eigenvalue weighted by atomic mass is 10.3. The molecule has 1 aromatic rings. The van der Waals surface area contributed by atoms with Crippen LogP contribution in [-0.4, -0.2) is 43.4 Å². The summed E-state index contributed by atoms with van der Waals surface area (Å²) in [4.78, 5) is 1.55. The summed E-state index contributed by atoms with van der Waals surface area (Å²) in [5.74, 6) is 1.97. The average molecular weight is 333 g/mol. The van der Waals surface area contributed by atoms with E-state index in [4.69, 9.17) is 0 Å². The van der Waals surface area contributed by atoms with Crippen molar-refractivity contribution in [2.75, 3.05) is 18.6 Å². The van der Waals surface area contributed by atoms with Gasteiger partial charge in [0.25, 0.3) is 0 Å². The molecule has 20 heavy (non-hydrogen) atoms. The molecule has 0 amide bonds. The van der Waals surface area contributed by atoms with Crippen molar-refractivity contribution in [3.05, 3.63) is 16.3 Å². The van der Waals surface area contributed by atoms with Gasteiger partial charge in [0.2, 0.25) is 10.0 Å². The molecule has 0 spiro atoms. The lowest BCUT2D eigenvalue weighted by Gasteiger charge is -2.22. The highest BCUT2D eigenvalue weighted by molar-refractivity contribution is 7.99. The minimum absolute atomic E-state index is 0.151. The van der Waals surface area contributed by atoms with Crippen LogP contribution in [0.25, 0.3) is 0 Å². The summed E-state index contributed by atoms with van der Waals surface area (Å²) in [6, 6.07) is 2.63. The van der Waals surface area contributed by atoms with E-state index < -0.39 is 10.0 Å². The van der Waals surface area contributed by atoms with E-state index in [9.17, 15) is 8.42 Å². The van der Waals surface area contributed by atoms with Gasteiger partial charge >= 0.3 is 0 Å². The highest BCUT2D eigenvalue weighted by atomic mass is 32.2. The van der Waals surface area contributed by atoms with Crippen molar-refractivity contribution in [2.24, 2.45) is 0 Å². The smallest absolute Gasteiger partial charge is 0.243 e. The Labute approximate surface area is 129 Å². The predicted octanol–water partition coefficient (Wildman–Crippen LogP) is 2.13. The molecular weight excluding hydrogens is 312 g/mol. The average Bonchev–Trinajstić information content (AvgIpc) is 2.95. The van der Waals surface area contributed by atoms with Crippen LogP contribution >= 0.6 is 23.1 Å². The Bertz CT molecular complexity index is 560. The van der Waals surface area contributed by atoms with Gasteiger partial charge in [0.1, 0.15) is 0 Å². The molecule has 1 atom stereocenters. The second-order valence-electron chi connectivity index (χ2n) is 5.44. The minimum Gasteiger partial charge on any atom is -0.309 e. The zero-order valence-corrected chi connectivity index (χ0v) is 14.0. The molecular formula is C13H20N2O2S3. The summed E-state index contributed by atoms with van der Waals surface area (Å²) in [7, 11) is -1.61. The van der Waals surface area contributed by atoms with Crippen LogP contribution in [0.2, 0.25) is 0 Å². The molecule has 1 unspecified atom stereocenters. The van der Waals surface area contributed by atoms with Gasteiger partial charge in [-0.15, -0.1) is 11.3 Å². The highest BCUT2D eigenvalue weighted by Crippen LogP contribution is 2.28. The number of hydrogen-bond acceptors (Lipinski definition) is 5. The molecule has 2 fully saturated rings. The van der Waals surface area contributed by atoms with E-state index in [-0.39, 0.29) is 6.04 Å². The van der Waals surface area contributed by atoms with Crippen LogP contribution in [0.3, 0.4) is 0 Å². The number of sulfonamides is 1. The topological polar surface area (TPSA) is 49.4 Å². The van der Waals surface area contributed by atoms with Crippen LogP contribution in [0.1, 0.15) is 24.1 Å². The third-order valence-electron chi connectivity index (χ3n) is 3.87. The number of thiophene rings is 1. The third-order valence-corrected chi connectivity index (χ3v) is 7.99. The Balaban J connectivity index is 1.69. The second-order valence-corrected chi connectivity index (χ2v) is 9.59. The van der Waals surface area contributed by atoms with Gasteiger partial charge in [-0.3, -0.25) is 0 Å². The Morgan fingerprint density at radius 2 is 2.20 bits per heavy atom. The van der Waals surface area contributed by atoms with E-state index in [1.54, 1.807) is 16.7 Å². The number of nitrogens with one attached hydrogen (secondary N) is 1. The molecule has 1 saturated carbocycles. The van der Waals surface area contributed by atoms with Crippen molar-refractivity contribution >= 4 is 33.1 Å². The second kappa shape index (κ2) is 5.96. The predicted molar refractivity (Wildman–Crippen MR) is 84.9 cm³/mol. The van der Waals surface area contributed by atoms with E-state index in [2.05, 4.69) is 5.32 Å². The Morgan fingerprint density at radius 1 is 1.40 bits per heavy atom. The van der Waals surface area contributed by atoms with E-state index in [1.165, 1.54) is 24.2 Å². The molecule has 1 aliphatic carbocycles. The van der Waals surface area contributed by atoms with Gasteiger partial charge in [-0.1, -0.05) is 0 Å². The minimum atomic E-state index is -3.32. The van der Waals surface area contributed by atoms with Gasteiger partial charge in [0.15, 0.2) is 0 Å². The molecule has 1 aromatic heterocycles. The SMILES string of the molecule is CN(C1CCSC1)S(=O)(=O)c1csc(CNC2CC2)c1. The van der Waals surface area contributed by atoms with Gasteiger partial charge in [-0.25, -0.2) is 8.42 Å². The van der Waals surface area contributed by atoms with Gasteiger partial charge in [0.05, 0.1) is 4.90 Å². The van der Waals surface area contributed by atoms with Crippen LogP contribution in [0, 0.1) is 0 Å². The summed E-state index contributed by atoms with van der Waals surface area (Å²) in [6.07, 6.45) is 3.46. The lowest BCUT2D eigenvalue weighted by molar-refractivity contribution is 0.395. The van der Waals surface area contributed by atoms with Crippen molar-refractivity contribution in [2.45, 2.75) is 42.8 Å². The van der Waals surface area contributed by atoms with Gasteiger partial charge in [0, 0.05) is 41.7 Å². The maximum absolute atomic E-state index is 12.6. The van der Waals surface area contributed by atoms with Crippen molar-refractivity contribution in [1.82, 2.24) is 9.62 Å². The first kappa shape index (κ1) is 14.8. The number of thioether (sulfide) groups is 1. The standard InChI is InChI=1S/C13H20N2O2S3/c1-15(11-4-5-18-8-11)20(16,17)13-6-12(19-9-13)7-14-10-2-3-10/h6,9-11,14H,2-5,7-8H2,1H3. The van der Waals surface area contributed by atoms with Gasteiger partial charge in [-0.2, -0.15) is 16.1 Å². The quantitative estimate of drug-likeness (QED) is 0.867. The van der Waals surface area contributed by atoms with Crippen LogP contribution in [0.15, 0.2) is 16.3 Å². The van der Waals surface area contributed by atoms with Crippen LogP contribution in [0.5, 0.6) is 0 Å². The van der Waals surface area contributed by atoms with Crippen molar-refractivity contribution in [3.8, 4) is 0 Å². The summed E-state index contributed by atoms with van der Waals surface area (Å²) in [5, 5.41) is 5.20. The summed E-state index contributed by atoms with van der Waals surface area (Å²) in [6.45, 7) is 0.786. The molecule has 0 aromatic carbocycles. The maximum Gasteiger partial charge on any atom is 0.243 e. The molecule has 4 nitrogen and oxygen atoms in total. The molecule has 2 aliphatic rings. The van der Waals surface area contributed by atoms with Gasteiger partial charge < -0.3 is 5.32 Å². The molecule has 1 aliphatic heterocycles. The van der Waals surface area contributed by atoms with Crippen LogP contribution in [0.4, 0.5) is 0 Å². The van der Waals surface area contributed by atoms with Crippen LogP contribution < -0.4 is 5.32 Å². The molecule has 0 radical (unpaired) electrons. The Morgan fingerprint density at radius 3 is 2.85 bits per heavy atom. The van der Waals surface area contributed by atoms with E-state index in [0.29, 0.717) is 10.9 Å². The van der Waals surface area contributed by atoms with E-state index in [1.807, 2.05) is 17.8 Å². The van der Waals surface area contributed by atoms with Crippen molar-refractivity contribution < 1.29 is 8.42 Å². The van der Waals surface area contributed by atoms with E-state index in [0.717, 1.165) is 29.3 Å². The first-order valence-electron chi connectivity index (χ1n) is 6.94. The molecule has 112 valence electrons. The first-order valence-corrected chi connectivity index (χ1v) is 10.4. The largest absolute Gasteiger partial charge is 0.309 e. The monoisotopic (exact) mass is 332 g/mol. The first-order chi connectivity index (χ1) is 9.57. The maximum atomic E-state index is 12.6. The van der Waals surface area contributed by atoms with Gasteiger partial charge in [-0.05, 0) is 31.1 Å². The fraction of sp³-hybridized carbons (Fsp3) is 0.692. The summed E-state index contributed by atoms with van der Waals surface area (Å²) < 4.78 is 26.7. The normalized spacial score (nSPS) is 23.6. The Kier molecular flexibility index (Phi) is 4.42. The highest BCUT2D eigenvalue weighted by Gasteiger charge is 2.31. The number of hydrogen-bond donors (Lipinski definition) is 1. The zero-order valence-electron chi connectivity index (χ0n) is 11.5. The number of rotatable bonds is 6. The zero-order chi connectivity index (χ0) is 14.2. The van der Waals surface area contributed by atoms with E-state index >= 15 is 0 Å². The van der Waals surface area contributed by atoms with Crippen molar-refractivity contribution in [1.29, 1.82) is 0 Å². The molecule has 3 rings (SSSR count). The third kappa shape index (κ3) is 3.22. The Hall–Kier alpha value is -0.0800. The van der Waals surface area contributed by atoms with Crippen molar-refractivity contribution in [3.63, 3.8) is 0 Å². The van der Waals surface area contributed by atoms with Crippen LogP contribution in [-0.2, 0) is 16.6 Å². The number of nitrogens with zero attached hydrogens (tertiary/aromatic N) is 1. The fourth-order valence-electron chi connectivity index (χ4n) is 2.29. The lowest BCUT2D eigenvalue weighted by Crippen LogP contribution is -2.36. The molecule has 1 N–H and O–H groups in total. The molecule has 2 heterocycles. The fourth-order valence-corrected chi connectivity index (χ4v) is 6.25. The summed E-state index contributed by atoms with van der Waals surface area (Å²) >= 11 is 3.36. The summed E-state index contributed by atoms with van der Waals surface area (Å²) in [5.41, 5.74) is 0.